The van der Waals surface area contributed by atoms with Gasteiger partial charge in [-0.3, -0.25) is 14.3 Å². The van der Waals surface area contributed by atoms with Crippen molar-refractivity contribution in [1.82, 2.24) is 14.5 Å². The van der Waals surface area contributed by atoms with Gasteiger partial charge >= 0.3 is 0 Å². The first-order valence-corrected chi connectivity index (χ1v) is 8.96. The number of rotatable bonds is 2. The molecule has 1 N–H and O–H groups in total. The van der Waals surface area contributed by atoms with Crippen LogP contribution in [0.3, 0.4) is 0 Å². The van der Waals surface area contributed by atoms with E-state index in [2.05, 4.69) is 9.97 Å². The summed E-state index contributed by atoms with van der Waals surface area (Å²) in [4.78, 5) is 21.2. The van der Waals surface area contributed by atoms with Crippen molar-refractivity contribution in [3.8, 4) is 22.7 Å². The maximum absolute atomic E-state index is 13.4. The minimum atomic E-state index is -0.365. The summed E-state index contributed by atoms with van der Waals surface area (Å²) in [6, 6.07) is 18.1. The van der Waals surface area contributed by atoms with Gasteiger partial charge in [0.15, 0.2) is 0 Å². The van der Waals surface area contributed by atoms with Crippen LogP contribution in [-0.2, 0) is 0 Å². The van der Waals surface area contributed by atoms with Gasteiger partial charge in [-0.1, -0.05) is 6.07 Å². The monoisotopic (exact) mass is 383 g/mol. The molecule has 0 radical (unpaired) electrons. The molecule has 140 valence electrons. The zero-order valence-electron chi connectivity index (χ0n) is 15.1. The Kier molecular flexibility index (Phi) is 3.84. The molecule has 0 aliphatic carbocycles. The SMILES string of the molecule is O=c1ccc2cnc3ccc(-c4ccc(O)nc4)cc3c2n1-c1ccc(F)cc1. The van der Waals surface area contributed by atoms with Crippen LogP contribution in [0.1, 0.15) is 0 Å². The van der Waals surface area contributed by atoms with Crippen LogP contribution in [0.4, 0.5) is 4.39 Å². The molecule has 0 aliphatic rings. The first-order chi connectivity index (χ1) is 14.1. The lowest BCUT2D eigenvalue weighted by molar-refractivity contribution is 0.453. The zero-order chi connectivity index (χ0) is 20.0. The van der Waals surface area contributed by atoms with Gasteiger partial charge in [-0.15, -0.1) is 0 Å². The molecular formula is C23H14FN3O2. The third kappa shape index (κ3) is 2.91. The zero-order valence-corrected chi connectivity index (χ0v) is 15.1. The van der Waals surface area contributed by atoms with Crippen LogP contribution in [0.15, 0.2) is 83.9 Å². The Hall–Kier alpha value is -4.06. The number of benzene rings is 2. The third-order valence-electron chi connectivity index (χ3n) is 4.88. The second-order valence-corrected chi connectivity index (χ2v) is 6.68. The van der Waals surface area contributed by atoms with E-state index in [0.29, 0.717) is 11.2 Å². The number of halogens is 1. The Balaban J connectivity index is 1.86. The Labute approximate surface area is 164 Å². The number of hydrogen-bond acceptors (Lipinski definition) is 4. The number of fused-ring (bicyclic) bond motifs is 3. The molecule has 0 unspecified atom stereocenters. The summed E-state index contributed by atoms with van der Waals surface area (Å²) in [5.74, 6) is -0.414. The van der Waals surface area contributed by atoms with Crippen molar-refractivity contribution >= 4 is 21.8 Å². The van der Waals surface area contributed by atoms with E-state index in [1.807, 2.05) is 18.2 Å². The van der Waals surface area contributed by atoms with E-state index >= 15 is 0 Å². The van der Waals surface area contributed by atoms with Crippen molar-refractivity contribution in [2.75, 3.05) is 0 Å². The average Bonchev–Trinajstić information content (AvgIpc) is 2.74. The lowest BCUT2D eigenvalue weighted by Crippen LogP contribution is -2.17. The minimum absolute atomic E-state index is 0.0493. The third-order valence-corrected chi connectivity index (χ3v) is 4.88. The highest BCUT2D eigenvalue weighted by Gasteiger charge is 2.12. The Morgan fingerprint density at radius 2 is 1.62 bits per heavy atom. The van der Waals surface area contributed by atoms with Gasteiger partial charge < -0.3 is 5.11 Å². The van der Waals surface area contributed by atoms with Gasteiger partial charge in [-0.25, -0.2) is 9.37 Å². The summed E-state index contributed by atoms with van der Waals surface area (Å²) < 4.78 is 15.0. The molecule has 3 aromatic heterocycles. The number of nitrogens with zero attached hydrogens (tertiary/aromatic N) is 3. The highest BCUT2D eigenvalue weighted by molar-refractivity contribution is 6.05. The topological polar surface area (TPSA) is 68.0 Å². The van der Waals surface area contributed by atoms with E-state index in [0.717, 1.165) is 27.4 Å². The Bertz CT molecular complexity index is 1430. The van der Waals surface area contributed by atoms with E-state index in [-0.39, 0.29) is 17.3 Å². The van der Waals surface area contributed by atoms with Crippen molar-refractivity contribution in [2.24, 2.45) is 0 Å². The smallest absolute Gasteiger partial charge is 0.255 e. The predicted molar refractivity (Wildman–Crippen MR) is 110 cm³/mol. The van der Waals surface area contributed by atoms with Crippen LogP contribution >= 0.6 is 0 Å². The molecule has 0 saturated heterocycles. The van der Waals surface area contributed by atoms with Gasteiger partial charge in [0.25, 0.3) is 5.56 Å². The summed E-state index contributed by atoms with van der Waals surface area (Å²) in [5, 5.41) is 11.0. The molecule has 29 heavy (non-hydrogen) atoms. The van der Waals surface area contributed by atoms with Crippen LogP contribution in [0.5, 0.6) is 5.88 Å². The van der Waals surface area contributed by atoms with Crippen LogP contribution in [-0.4, -0.2) is 19.6 Å². The van der Waals surface area contributed by atoms with Crippen molar-refractivity contribution < 1.29 is 9.50 Å². The summed E-state index contributed by atoms with van der Waals surface area (Å²) in [7, 11) is 0. The largest absolute Gasteiger partial charge is 0.493 e. The quantitative estimate of drug-likeness (QED) is 0.458. The molecule has 0 atom stereocenters. The fraction of sp³-hybridized carbons (Fsp3) is 0. The van der Waals surface area contributed by atoms with Crippen LogP contribution in [0, 0.1) is 5.82 Å². The van der Waals surface area contributed by atoms with Gasteiger partial charge in [-0.2, -0.15) is 0 Å². The van der Waals surface area contributed by atoms with Gasteiger partial charge in [0.2, 0.25) is 5.88 Å². The van der Waals surface area contributed by atoms with Crippen molar-refractivity contribution in [1.29, 1.82) is 0 Å². The molecule has 0 saturated carbocycles. The number of aromatic nitrogens is 3. The molecule has 2 aromatic carbocycles. The number of pyridine rings is 3. The Morgan fingerprint density at radius 3 is 2.38 bits per heavy atom. The fourth-order valence-electron chi connectivity index (χ4n) is 3.49. The Morgan fingerprint density at radius 1 is 0.828 bits per heavy atom. The molecule has 5 nitrogen and oxygen atoms in total. The maximum atomic E-state index is 13.4. The molecule has 3 heterocycles. The molecule has 6 heteroatoms. The van der Waals surface area contributed by atoms with Crippen LogP contribution < -0.4 is 5.56 Å². The van der Waals surface area contributed by atoms with Crippen molar-refractivity contribution in [3.05, 3.63) is 95.3 Å². The van der Waals surface area contributed by atoms with Gasteiger partial charge in [0, 0.05) is 46.5 Å². The molecule has 5 rings (SSSR count). The second-order valence-electron chi connectivity index (χ2n) is 6.68. The molecule has 0 aliphatic heterocycles. The highest BCUT2D eigenvalue weighted by atomic mass is 19.1. The molecule has 0 fully saturated rings. The summed E-state index contributed by atoms with van der Waals surface area (Å²) in [5.41, 5.74) is 3.49. The summed E-state index contributed by atoms with van der Waals surface area (Å²) in [6.45, 7) is 0. The van der Waals surface area contributed by atoms with Crippen molar-refractivity contribution in [3.63, 3.8) is 0 Å². The van der Waals surface area contributed by atoms with Gasteiger partial charge in [-0.05, 0) is 54.1 Å². The minimum Gasteiger partial charge on any atom is -0.493 e. The van der Waals surface area contributed by atoms with E-state index < -0.39 is 0 Å². The molecule has 0 amide bonds. The molecule has 0 bridgehead atoms. The predicted octanol–water partition coefficient (Wildman–Crippen LogP) is 4.45. The molecular weight excluding hydrogens is 369 g/mol. The summed E-state index contributed by atoms with van der Waals surface area (Å²) in [6.07, 6.45) is 3.31. The standard InChI is InChI=1S/C23H14FN3O2/c24-17-4-6-18(7-5-17)27-22(29)10-3-16-13-25-20-8-1-14(11-19(20)23(16)27)15-2-9-21(28)26-12-15/h1-13H,(H,26,28). The van der Waals surface area contributed by atoms with Crippen LogP contribution in [0.2, 0.25) is 0 Å². The molecule has 5 aromatic rings. The van der Waals surface area contributed by atoms with Crippen LogP contribution in [0.25, 0.3) is 38.6 Å². The van der Waals surface area contributed by atoms with Crippen molar-refractivity contribution in [2.45, 2.75) is 0 Å². The number of hydrogen-bond donors (Lipinski definition) is 1. The molecule has 0 spiro atoms. The summed E-state index contributed by atoms with van der Waals surface area (Å²) >= 11 is 0. The maximum Gasteiger partial charge on any atom is 0.255 e. The normalized spacial score (nSPS) is 11.2. The number of aromatic hydroxyl groups is 1. The first kappa shape index (κ1) is 17.1. The first-order valence-electron chi connectivity index (χ1n) is 8.96. The second kappa shape index (κ2) is 6.53. The van der Waals surface area contributed by atoms with Gasteiger partial charge in [0.05, 0.1) is 11.0 Å². The van der Waals surface area contributed by atoms with Gasteiger partial charge in [0.1, 0.15) is 5.82 Å². The van der Waals surface area contributed by atoms with E-state index in [9.17, 15) is 14.3 Å². The fourth-order valence-corrected chi connectivity index (χ4v) is 3.49. The highest BCUT2D eigenvalue weighted by Crippen LogP contribution is 2.29. The van der Waals surface area contributed by atoms with E-state index in [4.69, 9.17) is 0 Å². The lowest BCUT2D eigenvalue weighted by Gasteiger charge is -2.13. The van der Waals surface area contributed by atoms with E-state index in [1.165, 1.54) is 24.3 Å². The van der Waals surface area contributed by atoms with E-state index in [1.54, 1.807) is 41.2 Å². The average molecular weight is 383 g/mol. The lowest BCUT2D eigenvalue weighted by atomic mass is 10.0.